The fourth-order valence-electron chi connectivity index (χ4n) is 3.32. The number of methoxy groups -OCH3 is 1. The lowest BCUT2D eigenvalue weighted by molar-refractivity contribution is -0.146. The van der Waals surface area contributed by atoms with E-state index in [0.29, 0.717) is 5.56 Å². The Morgan fingerprint density at radius 1 is 1.11 bits per heavy atom. The van der Waals surface area contributed by atoms with Crippen molar-refractivity contribution in [2.45, 2.75) is 71.7 Å². The van der Waals surface area contributed by atoms with E-state index in [2.05, 4.69) is 15.4 Å². The van der Waals surface area contributed by atoms with Crippen LogP contribution in [0.5, 0.6) is 0 Å². The number of hydrogen-bond donors (Lipinski definition) is 3. The van der Waals surface area contributed by atoms with Gasteiger partial charge in [-0.05, 0) is 47.1 Å². The van der Waals surface area contributed by atoms with Gasteiger partial charge >= 0.3 is 12.1 Å². The van der Waals surface area contributed by atoms with Gasteiger partial charge in [0.15, 0.2) is 0 Å². The summed E-state index contributed by atoms with van der Waals surface area (Å²) in [5.41, 5.74) is 5.81. The maximum absolute atomic E-state index is 13.7. The van der Waals surface area contributed by atoms with E-state index in [9.17, 15) is 24.0 Å². The normalized spacial score (nSPS) is 12.8. The summed E-state index contributed by atoms with van der Waals surface area (Å²) in [6.45, 7) is 9.74. The van der Waals surface area contributed by atoms with Crippen molar-refractivity contribution in [2.75, 3.05) is 13.7 Å². The van der Waals surface area contributed by atoms with Gasteiger partial charge in [-0.2, -0.15) is 0 Å². The molecule has 11 nitrogen and oxygen atoms in total. The average Bonchev–Trinajstić information content (AvgIpc) is 2.72. The molecule has 0 saturated carbocycles. The highest BCUT2D eigenvalue weighted by molar-refractivity contribution is 5.95. The number of nitrogens with one attached hydrogen (secondary N) is 2. The molecule has 0 bridgehead atoms. The number of rotatable bonds is 10. The first-order valence-corrected chi connectivity index (χ1v) is 11.2. The predicted molar refractivity (Wildman–Crippen MR) is 128 cm³/mol. The summed E-state index contributed by atoms with van der Waals surface area (Å²) in [5.74, 6) is -2.85. The molecule has 1 aromatic rings. The highest BCUT2D eigenvalue weighted by atomic mass is 16.6. The van der Waals surface area contributed by atoms with Crippen molar-refractivity contribution >= 4 is 29.8 Å². The van der Waals surface area contributed by atoms with Crippen LogP contribution in [0.15, 0.2) is 24.3 Å². The van der Waals surface area contributed by atoms with Gasteiger partial charge in [0.05, 0.1) is 13.5 Å². The zero-order valence-electron chi connectivity index (χ0n) is 21.3. The second-order valence-corrected chi connectivity index (χ2v) is 9.32. The number of aryl methyl sites for hydroxylation is 1. The molecule has 1 aromatic carbocycles. The molecule has 0 spiro atoms. The molecule has 0 aliphatic carbocycles. The van der Waals surface area contributed by atoms with Gasteiger partial charge in [-0.15, -0.1) is 0 Å². The van der Waals surface area contributed by atoms with Gasteiger partial charge in [0.2, 0.25) is 17.7 Å². The molecule has 1 rings (SSSR count). The Bertz CT molecular complexity index is 940. The summed E-state index contributed by atoms with van der Waals surface area (Å²) in [7, 11) is 1.19. The minimum absolute atomic E-state index is 0.404. The topological polar surface area (TPSA) is 157 Å². The van der Waals surface area contributed by atoms with Crippen LogP contribution in [0.4, 0.5) is 4.79 Å². The average molecular weight is 493 g/mol. The van der Waals surface area contributed by atoms with Gasteiger partial charge in [0, 0.05) is 6.04 Å². The number of nitrogens with two attached hydrogens (primary N) is 1. The van der Waals surface area contributed by atoms with Crippen LogP contribution in [0.3, 0.4) is 0 Å². The number of alkyl carbamates (subject to hydrolysis) is 1. The molecule has 0 aliphatic rings. The molecule has 2 atom stereocenters. The Morgan fingerprint density at radius 2 is 1.74 bits per heavy atom. The van der Waals surface area contributed by atoms with Crippen molar-refractivity contribution in [3.05, 3.63) is 35.4 Å². The molecule has 0 heterocycles. The minimum atomic E-state index is -1.38. The minimum Gasteiger partial charge on any atom is -0.468 e. The third kappa shape index (κ3) is 9.63. The number of ether oxygens (including phenoxy) is 2. The van der Waals surface area contributed by atoms with E-state index >= 15 is 0 Å². The van der Waals surface area contributed by atoms with Gasteiger partial charge in [0.25, 0.3) is 0 Å². The van der Waals surface area contributed by atoms with E-state index in [-0.39, 0.29) is 0 Å². The van der Waals surface area contributed by atoms with Gasteiger partial charge in [-0.25, -0.2) is 4.79 Å². The highest BCUT2D eigenvalue weighted by Gasteiger charge is 2.38. The summed E-state index contributed by atoms with van der Waals surface area (Å²) in [4.78, 5) is 63.9. The van der Waals surface area contributed by atoms with Crippen LogP contribution in [-0.4, -0.2) is 66.0 Å². The summed E-state index contributed by atoms with van der Waals surface area (Å²) in [5, 5.41) is 4.88. The number of nitrogens with zero attached hydrogens (tertiary/aromatic N) is 1. The third-order valence-corrected chi connectivity index (χ3v) is 4.72. The molecular weight excluding hydrogens is 456 g/mol. The number of hydrogen-bond acceptors (Lipinski definition) is 7. The Balaban J connectivity index is 3.45. The molecule has 2 unspecified atom stereocenters. The van der Waals surface area contributed by atoms with Crippen LogP contribution in [0.2, 0.25) is 0 Å². The maximum Gasteiger partial charge on any atom is 0.408 e. The van der Waals surface area contributed by atoms with Crippen molar-refractivity contribution in [1.82, 2.24) is 15.5 Å². The van der Waals surface area contributed by atoms with Crippen molar-refractivity contribution in [1.29, 1.82) is 0 Å². The molecular formula is C24H36N4O7. The smallest absolute Gasteiger partial charge is 0.408 e. The lowest BCUT2D eigenvalue weighted by Crippen LogP contribution is -2.56. The second-order valence-electron chi connectivity index (χ2n) is 9.32. The first-order chi connectivity index (χ1) is 16.2. The zero-order chi connectivity index (χ0) is 26.9. The number of amides is 4. The van der Waals surface area contributed by atoms with E-state index in [0.717, 1.165) is 5.56 Å². The van der Waals surface area contributed by atoms with Crippen molar-refractivity contribution < 1.29 is 33.4 Å². The second kappa shape index (κ2) is 12.7. The molecule has 35 heavy (non-hydrogen) atoms. The molecule has 0 radical (unpaired) electrons. The quantitative estimate of drug-likeness (QED) is 0.416. The van der Waals surface area contributed by atoms with Crippen LogP contribution in [0.25, 0.3) is 0 Å². The number of carbonyl (C=O) groups is 5. The monoisotopic (exact) mass is 492 g/mol. The Hall–Kier alpha value is -3.63. The molecule has 194 valence electrons. The van der Waals surface area contributed by atoms with E-state index in [1.54, 1.807) is 52.8 Å². The zero-order valence-corrected chi connectivity index (χ0v) is 21.3. The number of carbonyl (C=O) groups excluding carboxylic acids is 5. The summed E-state index contributed by atoms with van der Waals surface area (Å²) in [6, 6.07) is 3.85. The van der Waals surface area contributed by atoms with E-state index < -0.39 is 66.5 Å². The Morgan fingerprint density at radius 3 is 2.23 bits per heavy atom. The lowest BCUT2D eigenvalue weighted by atomic mass is 9.99. The van der Waals surface area contributed by atoms with Crippen molar-refractivity contribution in [3.8, 4) is 0 Å². The van der Waals surface area contributed by atoms with Crippen LogP contribution >= 0.6 is 0 Å². The van der Waals surface area contributed by atoms with Crippen molar-refractivity contribution in [2.24, 2.45) is 5.73 Å². The molecule has 4 amide bonds. The van der Waals surface area contributed by atoms with Gasteiger partial charge in [-0.3, -0.25) is 19.2 Å². The number of benzene rings is 1. The predicted octanol–water partition coefficient (Wildman–Crippen LogP) is 1.33. The molecule has 4 N–H and O–H groups in total. The fourth-order valence-corrected chi connectivity index (χ4v) is 3.32. The van der Waals surface area contributed by atoms with Gasteiger partial charge < -0.3 is 30.7 Å². The third-order valence-electron chi connectivity index (χ3n) is 4.72. The van der Waals surface area contributed by atoms with E-state index in [1.807, 2.05) is 13.0 Å². The molecule has 0 aromatic heterocycles. The number of primary amides is 1. The van der Waals surface area contributed by atoms with Gasteiger partial charge in [0.1, 0.15) is 24.2 Å². The summed E-state index contributed by atoms with van der Waals surface area (Å²) < 4.78 is 9.80. The van der Waals surface area contributed by atoms with Crippen LogP contribution in [0.1, 0.15) is 58.2 Å². The maximum atomic E-state index is 13.7. The molecule has 0 saturated heterocycles. The van der Waals surface area contributed by atoms with Crippen LogP contribution in [-0.2, 0) is 28.7 Å². The Kier molecular flexibility index (Phi) is 10.7. The number of esters is 1. The summed E-state index contributed by atoms with van der Waals surface area (Å²) in [6.07, 6.45) is -1.42. The molecule has 0 fully saturated rings. The molecule has 0 aliphatic heterocycles. The van der Waals surface area contributed by atoms with Gasteiger partial charge in [-0.1, -0.05) is 29.8 Å². The Labute approximate surface area is 205 Å². The standard InChI is InChI=1S/C24H36N4O7/c1-14(2)28(22(32)17(12-18(25)29)27-23(33)35-24(4,5)6)20(16-10-8-9-15(3)11-16)21(31)26-13-19(30)34-7/h8-11,14,17,20H,12-13H2,1-7H3,(H2,25,29)(H,26,31)(H,27,33). The first-order valence-electron chi connectivity index (χ1n) is 11.2. The van der Waals surface area contributed by atoms with E-state index in [4.69, 9.17) is 10.5 Å². The largest absolute Gasteiger partial charge is 0.468 e. The SMILES string of the molecule is COC(=O)CNC(=O)C(c1cccc(C)c1)N(C(=O)C(CC(N)=O)NC(=O)OC(C)(C)C)C(C)C. The van der Waals surface area contributed by atoms with Crippen molar-refractivity contribution in [3.63, 3.8) is 0 Å². The van der Waals surface area contributed by atoms with E-state index in [1.165, 1.54) is 12.0 Å². The summed E-state index contributed by atoms with van der Waals surface area (Å²) >= 11 is 0. The first kappa shape index (κ1) is 29.4. The van der Waals surface area contributed by atoms with Crippen LogP contribution < -0.4 is 16.4 Å². The van der Waals surface area contributed by atoms with Crippen LogP contribution in [0, 0.1) is 6.92 Å². The fraction of sp³-hybridized carbons (Fsp3) is 0.542. The highest BCUT2D eigenvalue weighted by Crippen LogP contribution is 2.26. The molecule has 11 heteroatoms. The lowest BCUT2D eigenvalue weighted by Gasteiger charge is -2.37.